The Balaban J connectivity index is 1.89. The zero-order chi connectivity index (χ0) is 14.5. The maximum Gasteiger partial charge on any atom is 0.141 e. The Kier molecular flexibility index (Phi) is 5.38. The van der Waals surface area contributed by atoms with Crippen molar-refractivity contribution < 1.29 is 4.79 Å². The van der Waals surface area contributed by atoms with E-state index in [0.29, 0.717) is 18.1 Å². The van der Waals surface area contributed by atoms with Crippen molar-refractivity contribution >= 4 is 5.78 Å². The molecule has 20 heavy (non-hydrogen) atoms. The number of nitrogens with zero attached hydrogens (tertiary/aromatic N) is 2. The van der Waals surface area contributed by atoms with Crippen LogP contribution in [0.25, 0.3) is 0 Å². The Labute approximate surface area is 122 Å². The van der Waals surface area contributed by atoms with Gasteiger partial charge in [-0.05, 0) is 51.5 Å². The van der Waals surface area contributed by atoms with Crippen molar-refractivity contribution in [1.82, 2.24) is 9.78 Å². The summed E-state index contributed by atoms with van der Waals surface area (Å²) >= 11 is 0. The van der Waals surface area contributed by atoms with Crippen molar-refractivity contribution in [3.63, 3.8) is 0 Å². The van der Waals surface area contributed by atoms with E-state index in [1.807, 2.05) is 11.6 Å². The van der Waals surface area contributed by atoms with Gasteiger partial charge in [0.25, 0.3) is 0 Å². The first kappa shape index (κ1) is 15.3. The zero-order valence-electron chi connectivity index (χ0n) is 13.2. The zero-order valence-corrected chi connectivity index (χ0v) is 13.2. The van der Waals surface area contributed by atoms with Crippen molar-refractivity contribution in [3.05, 3.63) is 17.5 Å². The molecule has 0 bridgehead atoms. The fourth-order valence-electron chi connectivity index (χ4n) is 3.52. The van der Waals surface area contributed by atoms with E-state index in [-0.39, 0.29) is 0 Å². The van der Waals surface area contributed by atoms with E-state index in [0.717, 1.165) is 36.7 Å². The van der Waals surface area contributed by atoms with Gasteiger partial charge in [-0.15, -0.1) is 0 Å². The molecule has 2 rings (SSSR count). The summed E-state index contributed by atoms with van der Waals surface area (Å²) in [5.74, 6) is 1.59. The van der Waals surface area contributed by atoms with Crippen LogP contribution in [-0.2, 0) is 17.8 Å². The topological polar surface area (TPSA) is 34.9 Å². The van der Waals surface area contributed by atoms with Crippen LogP contribution in [0.5, 0.6) is 0 Å². The minimum Gasteiger partial charge on any atom is -0.299 e. The molecule has 1 aliphatic rings. The monoisotopic (exact) mass is 276 g/mol. The van der Waals surface area contributed by atoms with Gasteiger partial charge in [-0.25, -0.2) is 0 Å². The molecule has 1 saturated carbocycles. The molecule has 1 aliphatic carbocycles. The first-order chi connectivity index (χ1) is 9.63. The van der Waals surface area contributed by atoms with Crippen LogP contribution in [0.4, 0.5) is 0 Å². The number of hydrogen-bond donors (Lipinski definition) is 0. The predicted octanol–water partition coefficient (Wildman–Crippen LogP) is 3.93. The Hall–Kier alpha value is -1.12. The summed E-state index contributed by atoms with van der Waals surface area (Å²) in [6.07, 6.45) is 7.87. The van der Waals surface area contributed by atoms with Gasteiger partial charge in [-0.1, -0.05) is 19.8 Å². The van der Waals surface area contributed by atoms with E-state index in [1.54, 1.807) is 0 Å². The normalized spacial score (nSPS) is 22.9. The van der Waals surface area contributed by atoms with Crippen LogP contribution in [-0.4, -0.2) is 15.6 Å². The SMILES string of the molecule is CCCC1CCC(C(=O)Cc2cc(C)nn2CC)CC1. The van der Waals surface area contributed by atoms with E-state index >= 15 is 0 Å². The number of carbonyl (C=O) groups is 1. The second-order valence-electron chi connectivity index (χ2n) is 6.24. The molecule has 1 heterocycles. The molecule has 0 aromatic carbocycles. The molecule has 0 spiro atoms. The van der Waals surface area contributed by atoms with Gasteiger partial charge < -0.3 is 0 Å². The van der Waals surface area contributed by atoms with Crippen molar-refractivity contribution in [3.8, 4) is 0 Å². The van der Waals surface area contributed by atoms with E-state index in [1.165, 1.54) is 25.7 Å². The fourth-order valence-corrected chi connectivity index (χ4v) is 3.52. The highest BCUT2D eigenvalue weighted by Gasteiger charge is 2.26. The van der Waals surface area contributed by atoms with Gasteiger partial charge in [0.05, 0.1) is 5.69 Å². The molecule has 0 N–H and O–H groups in total. The van der Waals surface area contributed by atoms with Gasteiger partial charge in [0.2, 0.25) is 0 Å². The number of aromatic nitrogens is 2. The average Bonchev–Trinajstić information content (AvgIpc) is 2.80. The van der Waals surface area contributed by atoms with Crippen molar-refractivity contribution in [2.75, 3.05) is 0 Å². The lowest BCUT2D eigenvalue weighted by Gasteiger charge is -2.27. The Morgan fingerprint density at radius 1 is 1.30 bits per heavy atom. The summed E-state index contributed by atoms with van der Waals surface area (Å²) in [6.45, 7) is 7.18. The largest absolute Gasteiger partial charge is 0.299 e. The van der Waals surface area contributed by atoms with Gasteiger partial charge >= 0.3 is 0 Å². The number of Topliss-reactive ketones (excluding diaryl/α,β-unsaturated/α-hetero) is 1. The molecule has 112 valence electrons. The van der Waals surface area contributed by atoms with E-state index in [4.69, 9.17) is 0 Å². The molecule has 0 saturated heterocycles. The Bertz CT molecular complexity index is 442. The highest BCUT2D eigenvalue weighted by atomic mass is 16.1. The lowest BCUT2D eigenvalue weighted by atomic mass is 9.77. The summed E-state index contributed by atoms with van der Waals surface area (Å²) in [4.78, 5) is 12.5. The summed E-state index contributed by atoms with van der Waals surface area (Å²) in [6, 6.07) is 2.06. The molecule has 0 atom stereocenters. The second kappa shape index (κ2) is 7.05. The highest BCUT2D eigenvalue weighted by molar-refractivity contribution is 5.83. The molecular formula is C17H28N2O. The molecule has 3 nitrogen and oxygen atoms in total. The maximum absolute atomic E-state index is 12.5. The van der Waals surface area contributed by atoms with Gasteiger partial charge in [-0.2, -0.15) is 5.10 Å². The van der Waals surface area contributed by atoms with Gasteiger partial charge in [0.1, 0.15) is 5.78 Å². The fraction of sp³-hybridized carbons (Fsp3) is 0.765. The van der Waals surface area contributed by atoms with Crippen molar-refractivity contribution in [2.24, 2.45) is 11.8 Å². The Morgan fingerprint density at radius 2 is 2.00 bits per heavy atom. The molecule has 1 fully saturated rings. The summed E-state index contributed by atoms with van der Waals surface area (Å²) in [5, 5.41) is 4.43. The molecular weight excluding hydrogens is 248 g/mol. The minimum absolute atomic E-state index is 0.295. The summed E-state index contributed by atoms with van der Waals surface area (Å²) in [7, 11) is 0. The maximum atomic E-state index is 12.5. The van der Waals surface area contributed by atoms with Crippen LogP contribution in [0.15, 0.2) is 6.07 Å². The van der Waals surface area contributed by atoms with E-state index in [9.17, 15) is 4.79 Å². The minimum atomic E-state index is 0.295. The van der Waals surface area contributed by atoms with Gasteiger partial charge in [0.15, 0.2) is 0 Å². The second-order valence-corrected chi connectivity index (χ2v) is 6.24. The van der Waals surface area contributed by atoms with Crippen molar-refractivity contribution in [1.29, 1.82) is 0 Å². The molecule has 0 unspecified atom stereocenters. The third-order valence-corrected chi connectivity index (χ3v) is 4.64. The third kappa shape index (κ3) is 3.71. The van der Waals surface area contributed by atoms with Gasteiger partial charge in [-0.3, -0.25) is 9.48 Å². The van der Waals surface area contributed by atoms with E-state index < -0.39 is 0 Å². The van der Waals surface area contributed by atoms with Crippen LogP contribution < -0.4 is 0 Å². The van der Waals surface area contributed by atoms with E-state index in [2.05, 4.69) is 25.0 Å². The third-order valence-electron chi connectivity index (χ3n) is 4.64. The first-order valence-corrected chi connectivity index (χ1v) is 8.20. The quantitative estimate of drug-likeness (QED) is 0.789. The lowest BCUT2D eigenvalue weighted by Crippen LogP contribution is -2.24. The van der Waals surface area contributed by atoms with Crippen LogP contribution in [0.2, 0.25) is 0 Å². The molecule has 0 radical (unpaired) electrons. The van der Waals surface area contributed by atoms with Gasteiger partial charge in [0, 0.05) is 24.6 Å². The van der Waals surface area contributed by atoms with Crippen LogP contribution in [0, 0.1) is 18.8 Å². The summed E-state index contributed by atoms with van der Waals surface area (Å²) in [5.41, 5.74) is 2.10. The number of hydrogen-bond acceptors (Lipinski definition) is 2. The molecule has 1 aromatic rings. The average molecular weight is 276 g/mol. The molecule has 1 aromatic heterocycles. The number of rotatable bonds is 6. The number of carbonyl (C=O) groups excluding carboxylic acids is 1. The first-order valence-electron chi connectivity index (χ1n) is 8.20. The Morgan fingerprint density at radius 3 is 2.60 bits per heavy atom. The smallest absolute Gasteiger partial charge is 0.141 e. The molecule has 3 heteroatoms. The molecule has 0 aliphatic heterocycles. The predicted molar refractivity (Wildman–Crippen MR) is 81.7 cm³/mol. The van der Waals surface area contributed by atoms with Crippen LogP contribution in [0.1, 0.15) is 63.8 Å². The number of ketones is 1. The number of aryl methyl sites for hydroxylation is 2. The highest BCUT2D eigenvalue weighted by Crippen LogP contribution is 2.32. The van der Waals surface area contributed by atoms with Crippen LogP contribution in [0.3, 0.4) is 0 Å². The lowest BCUT2D eigenvalue weighted by molar-refractivity contribution is -0.123. The standard InChI is InChI=1S/C17H28N2O/c1-4-6-14-7-9-15(10-8-14)17(20)12-16-11-13(3)18-19(16)5-2/h11,14-15H,4-10,12H2,1-3H3. The van der Waals surface area contributed by atoms with Crippen molar-refractivity contribution in [2.45, 2.75) is 72.3 Å². The van der Waals surface area contributed by atoms with Crippen LogP contribution >= 0.6 is 0 Å². The summed E-state index contributed by atoms with van der Waals surface area (Å²) < 4.78 is 1.97. The molecule has 0 amide bonds.